The van der Waals surface area contributed by atoms with Crippen molar-refractivity contribution in [3.63, 3.8) is 0 Å². The van der Waals surface area contributed by atoms with Gasteiger partial charge in [-0.3, -0.25) is 0 Å². The molecule has 2 N–H and O–H groups in total. The predicted octanol–water partition coefficient (Wildman–Crippen LogP) is 4.53. The molecular weight excluding hydrogens is 422 g/mol. The van der Waals surface area contributed by atoms with E-state index < -0.39 is 11.9 Å². The largest absolute Gasteiger partial charge is 0.493 e. The van der Waals surface area contributed by atoms with Crippen LogP contribution in [0.25, 0.3) is 0 Å². The summed E-state index contributed by atoms with van der Waals surface area (Å²) in [7, 11) is 1.70. The molecule has 0 aliphatic rings. The zero-order valence-corrected chi connectivity index (χ0v) is 20.0. The monoisotopic (exact) mass is 459 g/mol. The highest BCUT2D eigenvalue weighted by Gasteiger charge is 2.08. The molecule has 2 aromatic rings. The van der Waals surface area contributed by atoms with Crippen molar-refractivity contribution in [1.29, 1.82) is 0 Å². The Morgan fingerprint density at radius 2 is 1.45 bits per heavy atom. The van der Waals surface area contributed by atoms with Crippen molar-refractivity contribution in [2.24, 2.45) is 0 Å². The summed E-state index contributed by atoms with van der Waals surface area (Å²) in [6, 6.07) is 16.9. The summed E-state index contributed by atoms with van der Waals surface area (Å²) < 4.78 is 11.5. The molecule has 0 amide bonds. The average Bonchev–Trinajstić information content (AvgIpc) is 2.81. The number of benzene rings is 2. The lowest BCUT2D eigenvalue weighted by Gasteiger charge is -2.21. The molecule has 0 spiro atoms. The van der Waals surface area contributed by atoms with Crippen molar-refractivity contribution < 1.29 is 29.3 Å². The molecule has 2 rings (SSSR count). The first-order valence-electron chi connectivity index (χ1n) is 11.4. The number of ether oxygens (including phenoxy) is 2. The van der Waals surface area contributed by atoms with Gasteiger partial charge in [-0.05, 0) is 68.5 Å². The number of methoxy groups -OCH3 is 1. The van der Waals surface area contributed by atoms with Gasteiger partial charge in [0.2, 0.25) is 0 Å². The molecule has 0 radical (unpaired) electrons. The Hall–Kier alpha value is -3.06. The quantitative estimate of drug-likeness (QED) is 0.336. The van der Waals surface area contributed by atoms with E-state index >= 15 is 0 Å². The maximum absolute atomic E-state index is 9.10. The Morgan fingerprint density at radius 1 is 0.818 bits per heavy atom. The molecule has 7 heteroatoms. The van der Waals surface area contributed by atoms with Gasteiger partial charge < -0.3 is 24.6 Å². The summed E-state index contributed by atoms with van der Waals surface area (Å²) >= 11 is 0. The average molecular weight is 460 g/mol. The molecule has 0 aromatic heterocycles. The number of carbonyl (C=O) groups is 2. The van der Waals surface area contributed by atoms with E-state index in [2.05, 4.69) is 61.2 Å². The lowest BCUT2D eigenvalue weighted by Crippen LogP contribution is -2.27. The normalized spacial score (nSPS) is 10.3. The molecule has 2 aromatic carbocycles. The number of aliphatic carboxylic acids is 2. The SMILES string of the molecule is CCCN(CCC)CCc1ccc(OC)c(OCCCc2ccccc2)c1.O=C(O)C(=O)O. The highest BCUT2D eigenvalue weighted by Crippen LogP contribution is 2.28. The molecule has 0 aliphatic carbocycles. The molecule has 33 heavy (non-hydrogen) atoms. The van der Waals surface area contributed by atoms with Crippen molar-refractivity contribution in [1.82, 2.24) is 4.90 Å². The van der Waals surface area contributed by atoms with Crippen LogP contribution in [0.1, 0.15) is 44.2 Å². The minimum absolute atomic E-state index is 0.701. The topological polar surface area (TPSA) is 96.3 Å². The number of nitrogens with zero attached hydrogens (tertiary/aromatic N) is 1. The zero-order valence-electron chi connectivity index (χ0n) is 20.0. The summed E-state index contributed by atoms with van der Waals surface area (Å²) in [4.78, 5) is 20.7. The third-order valence-electron chi connectivity index (χ3n) is 4.92. The Balaban J connectivity index is 0.000000801. The van der Waals surface area contributed by atoms with Crippen LogP contribution in [-0.4, -0.2) is 60.4 Å². The molecule has 182 valence electrons. The van der Waals surface area contributed by atoms with Gasteiger partial charge in [0.15, 0.2) is 11.5 Å². The third kappa shape index (κ3) is 11.9. The molecule has 0 saturated carbocycles. The standard InChI is InChI=1S/C24H35NO2.C2H2O4/c1-4-16-25(17-5-2)18-15-22-13-14-23(26-3)24(20-22)27-19-9-12-21-10-7-6-8-11-21;3-1(4)2(5)6/h6-8,10-11,13-14,20H,4-5,9,12,15-19H2,1-3H3;(H,3,4)(H,5,6). The molecule has 0 saturated heterocycles. The lowest BCUT2D eigenvalue weighted by molar-refractivity contribution is -0.159. The first-order chi connectivity index (χ1) is 15.9. The number of carboxylic acids is 2. The van der Waals surface area contributed by atoms with E-state index in [1.165, 1.54) is 37.1 Å². The summed E-state index contributed by atoms with van der Waals surface area (Å²) in [6.07, 6.45) is 5.49. The van der Waals surface area contributed by atoms with Crippen molar-refractivity contribution in [2.45, 2.75) is 46.0 Å². The van der Waals surface area contributed by atoms with Gasteiger partial charge >= 0.3 is 11.9 Å². The van der Waals surface area contributed by atoms with E-state index in [0.717, 1.165) is 37.3 Å². The minimum Gasteiger partial charge on any atom is -0.493 e. The first-order valence-corrected chi connectivity index (χ1v) is 11.4. The molecular formula is C26H37NO6. The van der Waals surface area contributed by atoms with Gasteiger partial charge in [-0.15, -0.1) is 0 Å². The second kappa shape index (κ2) is 16.6. The van der Waals surface area contributed by atoms with Crippen molar-refractivity contribution in [3.8, 4) is 11.5 Å². The molecule has 0 heterocycles. The fourth-order valence-electron chi connectivity index (χ4n) is 3.35. The van der Waals surface area contributed by atoms with Gasteiger partial charge in [0, 0.05) is 6.54 Å². The Labute approximate surface area is 197 Å². The van der Waals surface area contributed by atoms with Gasteiger partial charge in [-0.2, -0.15) is 0 Å². The summed E-state index contributed by atoms with van der Waals surface area (Å²) in [5, 5.41) is 14.8. The smallest absolute Gasteiger partial charge is 0.414 e. The summed E-state index contributed by atoms with van der Waals surface area (Å²) in [5.74, 6) is -1.97. The van der Waals surface area contributed by atoms with Gasteiger partial charge in [-0.25, -0.2) is 9.59 Å². The number of aryl methyl sites for hydroxylation is 1. The fourth-order valence-corrected chi connectivity index (χ4v) is 3.35. The van der Waals surface area contributed by atoms with E-state index in [9.17, 15) is 0 Å². The number of hydrogen-bond donors (Lipinski definition) is 2. The van der Waals surface area contributed by atoms with Crippen LogP contribution in [-0.2, 0) is 22.4 Å². The Kier molecular flexibility index (Phi) is 14.0. The van der Waals surface area contributed by atoms with E-state index in [4.69, 9.17) is 29.3 Å². The second-order valence-corrected chi connectivity index (χ2v) is 7.62. The van der Waals surface area contributed by atoms with Crippen LogP contribution in [0, 0.1) is 0 Å². The van der Waals surface area contributed by atoms with Crippen LogP contribution in [0.4, 0.5) is 0 Å². The molecule has 0 fully saturated rings. The van der Waals surface area contributed by atoms with Gasteiger partial charge in [0.25, 0.3) is 0 Å². The molecule has 0 atom stereocenters. The fraction of sp³-hybridized carbons (Fsp3) is 0.462. The van der Waals surface area contributed by atoms with Crippen molar-refractivity contribution >= 4 is 11.9 Å². The van der Waals surface area contributed by atoms with E-state index in [0.29, 0.717) is 6.61 Å². The van der Waals surface area contributed by atoms with Crippen LogP contribution in [0.2, 0.25) is 0 Å². The Morgan fingerprint density at radius 3 is 2.00 bits per heavy atom. The predicted molar refractivity (Wildman–Crippen MR) is 129 cm³/mol. The van der Waals surface area contributed by atoms with Crippen LogP contribution in [0.3, 0.4) is 0 Å². The van der Waals surface area contributed by atoms with E-state index in [1.54, 1.807) is 7.11 Å². The van der Waals surface area contributed by atoms with E-state index in [-0.39, 0.29) is 0 Å². The lowest BCUT2D eigenvalue weighted by atomic mass is 10.1. The minimum atomic E-state index is -1.82. The highest BCUT2D eigenvalue weighted by molar-refractivity contribution is 6.27. The van der Waals surface area contributed by atoms with Gasteiger partial charge in [0.1, 0.15) is 0 Å². The van der Waals surface area contributed by atoms with Gasteiger partial charge in [0.05, 0.1) is 13.7 Å². The Bertz CT molecular complexity index is 807. The summed E-state index contributed by atoms with van der Waals surface area (Å²) in [6.45, 7) is 8.64. The van der Waals surface area contributed by atoms with Crippen molar-refractivity contribution in [3.05, 3.63) is 59.7 Å². The van der Waals surface area contributed by atoms with Crippen LogP contribution in [0.5, 0.6) is 11.5 Å². The highest BCUT2D eigenvalue weighted by atomic mass is 16.5. The van der Waals surface area contributed by atoms with Crippen molar-refractivity contribution in [2.75, 3.05) is 33.4 Å². The maximum Gasteiger partial charge on any atom is 0.414 e. The molecule has 7 nitrogen and oxygen atoms in total. The number of rotatable bonds is 13. The van der Waals surface area contributed by atoms with Gasteiger partial charge in [-0.1, -0.05) is 50.2 Å². The molecule has 0 unspecified atom stereocenters. The number of carboxylic acid groups (broad SMARTS) is 2. The summed E-state index contributed by atoms with van der Waals surface area (Å²) in [5.41, 5.74) is 2.67. The molecule has 0 aliphatic heterocycles. The van der Waals surface area contributed by atoms with Crippen LogP contribution < -0.4 is 9.47 Å². The van der Waals surface area contributed by atoms with Crippen LogP contribution >= 0.6 is 0 Å². The zero-order chi connectivity index (χ0) is 24.5. The van der Waals surface area contributed by atoms with Crippen LogP contribution in [0.15, 0.2) is 48.5 Å². The second-order valence-electron chi connectivity index (χ2n) is 7.62. The first kappa shape index (κ1) is 28.0. The molecule has 0 bridgehead atoms. The van der Waals surface area contributed by atoms with E-state index in [1.807, 2.05) is 6.07 Å². The number of hydrogen-bond acceptors (Lipinski definition) is 5. The maximum atomic E-state index is 9.10. The third-order valence-corrected chi connectivity index (χ3v) is 4.92.